The zero-order valence-electron chi connectivity index (χ0n) is 9.65. The second-order valence-electron chi connectivity index (χ2n) is 4.21. The van der Waals surface area contributed by atoms with E-state index in [4.69, 9.17) is 5.73 Å². The number of nitrogens with two attached hydrogens (primary N) is 1. The molecule has 92 valence electrons. The van der Waals surface area contributed by atoms with Crippen molar-refractivity contribution in [1.82, 2.24) is 4.90 Å². The molecule has 0 radical (unpaired) electrons. The minimum Gasteiger partial charge on any atom is -0.399 e. The quantitative estimate of drug-likeness (QED) is 0.686. The number of benzene rings is 1. The predicted molar refractivity (Wildman–Crippen MR) is 75.1 cm³/mol. The van der Waals surface area contributed by atoms with Gasteiger partial charge in [0.1, 0.15) is 0 Å². The molecule has 0 atom stereocenters. The Balaban J connectivity index is 1.90. The van der Waals surface area contributed by atoms with Crippen molar-refractivity contribution in [1.29, 1.82) is 0 Å². The van der Waals surface area contributed by atoms with Crippen LogP contribution >= 0.6 is 27.7 Å². The Morgan fingerprint density at radius 2 is 2.29 bits per heavy atom. The molecule has 0 spiro atoms. The maximum Gasteiger partial charge on any atom is 0.232 e. The Labute approximate surface area is 114 Å². The molecule has 1 aliphatic carbocycles. The van der Waals surface area contributed by atoms with E-state index in [1.54, 1.807) is 11.8 Å². The zero-order chi connectivity index (χ0) is 12.4. The first-order valence-corrected chi connectivity index (χ1v) is 7.29. The molecule has 0 saturated heterocycles. The third-order valence-corrected chi connectivity index (χ3v) is 4.77. The summed E-state index contributed by atoms with van der Waals surface area (Å²) >= 11 is 4.99. The number of nitrogens with zero attached hydrogens (tertiary/aromatic N) is 1. The molecule has 1 aliphatic rings. The number of nitrogen functional groups attached to an aromatic ring is 1. The number of anilines is 1. The van der Waals surface area contributed by atoms with Crippen LogP contribution in [0.1, 0.15) is 12.8 Å². The van der Waals surface area contributed by atoms with E-state index in [-0.39, 0.29) is 5.91 Å². The molecule has 17 heavy (non-hydrogen) atoms. The van der Waals surface area contributed by atoms with Gasteiger partial charge in [-0.1, -0.05) is 0 Å². The summed E-state index contributed by atoms with van der Waals surface area (Å²) in [5.74, 6) is 0.677. The average Bonchev–Trinajstić information content (AvgIpc) is 3.10. The van der Waals surface area contributed by atoms with Gasteiger partial charge in [-0.2, -0.15) is 0 Å². The second-order valence-corrected chi connectivity index (χ2v) is 6.09. The Morgan fingerprint density at radius 3 is 2.88 bits per heavy atom. The van der Waals surface area contributed by atoms with E-state index in [0.29, 0.717) is 11.8 Å². The minimum atomic E-state index is 0.196. The van der Waals surface area contributed by atoms with Crippen molar-refractivity contribution in [2.24, 2.45) is 0 Å². The highest BCUT2D eigenvalue weighted by molar-refractivity contribution is 9.10. The Hall–Kier alpha value is -0.680. The van der Waals surface area contributed by atoms with Crippen molar-refractivity contribution in [3.8, 4) is 0 Å². The smallest absolute Gasteiger partial charge is 0.232 e. The molecule has 5 heteroatoms. The molecular weight excluding hydrogens is 300 g/mol. The molecule has 0 unspecified atom stereocenters. The standard InChI is InChI=1S/C12H15BrN2OS/c1-15(9-3-4-9)12(16)7-17-11-5-2-8(14)6-10(11)13/h2,5-6,9H,3-4,7,14H2,1H3. The topological polar surface area (TPSA) is 46.3 Å². The number of hydrogen-bond donors (Lipinski definition) is 1. The average molecular weight is 315 g/mol. The monoisotopic (exact) mass is 314 g/mol. The maximum atomic E-state index is 11.8. The molecule has 1 aromatic rings. The van der Waals surface area contributed by atoms with E-state index in [1.165, 1.54) is 0 Å². The Kier molecular flexibility index (Phi) is 3.99. The van der Waals surface area contributed by atoms with E-state index in [9.17, 15) is 4.79 Å². The summed E-state index contributed by atoms with van der Waals surface area (Å²) in [5, 5.41) is 0. The van der Waals surface area contributed by atoms with Gasteiger partial charge in [-0.3, -0.25) is 4.79 Å². The summed E-state index contributed by atoms with van der Waals surface area (Å²) in [7, 11) is 1.89. The van der Waals surface area contributed by atoms with Crippen LogP contribution in [0.5, 0.6) is 0 Å². The Bertz CT molecular complexity index is 435. The first kappa shape index (κ1) is 12.8. The van der Waals surface area contributed by atoms with Crippen molar-refractivity contribution >= 4 is 39.3 Å². The van der Waals surface area contributed by atoms with Crippen LogP contribution in [0.3, 0.4) is 0 Å². The third-order valence-electron chi connectivity index (χ3n) is 2.80. The van der Waals surface area contributed by atoms with E-state index in [0.717, 1.165) is 27.9 Å². The zero-order valence-corrected chi connectivity index (χ0v) is 12.1. The summed E-state index contributed by atoms with van der Waals surface area (Å²) in [4.78, 5) is 14.8. The molecule has 1 amide bonds. The molecule has 2 rings (SSSR count). The van der Waals surface area contributed by atoms with Crippen molar-refractivity contribution in [2.75, 3.05) is 18.5 Å². The number of carbonyl (C=O) groups excluding carboxylic acids is 1. The molecule has 3 nitrogen and oxygen atoms in total. The predicted octanol–water partition coefficient (Wildman–Crippen LogP) is 2.74. The van der Waals surface area contributed by atoms with Gasteiger partial charge in [0.25, 0.3) is 0 Å². The van der Waals surface area contributed by atoms with Crippen molar-refractivity contribution in [2.45, 2.75) is 23.8 Å². The fraction of sp³-hybridized carbons (Fsp3) is 0.417. The van der Waals surface area contributed by atoms with Gasteiger partial charge in [0.05, 0.1) is 5.75 Å². The van der Waals surface area contributed by atoms with E-state index >= 15 is 0 Å². The molecular formula is C12H15BrN2OS. The first-order chi connectivity index (χ1) is 8.08. The molecule has 1 saturated carbocycles. The highest BCUT2D eigenvalue weighted by Gasteiger charge is 2.29. The number of amides is 1. The van der Waals surface area contributed by atoms with Crippen LogP contribution in [0, 0.1) is 0 Å². The molecule has 0 aromatic heterocycles. The van der Waals surface area contributed by atoms with Crippen LogP contribution in [0.2, 0.25) is 0 Å². The summed E-state index contributed by atoms with van der Waals surface area (Å²) in [6, 6.07) is 6.13. The maximum absolute atomic E-state index is 11.8. The lowest BCUT2D eigenvalue weighted by molar-refractivity contribution is -0.127. The van der Waals surface area contributed by atoms with Gasteiger partial charge in [-0.25, -0.2) is 0 Å². The second kappa shape index (κ2) is 5.31. The number of carbonyl (C=O) groups is 1. The van der Waals surface area contributed by atoms with Gasteiger partial charge in [0, 0.05) is 28.1 Å². The van der Waals surface area contributed by atoms with Gasteiger partial charge in [0.15, 0.2) is 0 Å². The molecule has 0 heterocycles. The number of thioether (sulfide) groups is 1. The van der Waals surface area contributed by atoms with Crippen LogP contribution in [0.15, 0.2) is 27.6 Å². The van der Waals surface area contributed by atoms with Crippen LogP contribution < -0.4 is 5.73 Å². The highest BCUT2D eigenvalue weighted by Crippen LogP contribution is 2.30. The fourth-order valence-corrected chi connectivity index (χ4v) is 3.12. The van der Waals surface area contributed by atoms with Crippen LogP contribution in [0.25, 0.3) is 0 Å². The van der Waals surface area contributed by atoms with E-state index in [2.05, 4.69) is 15.9 Å². The van der Waals surface area contributed by atoms with Crippen LogP contribution in [0.4, 0.5) is 5.69 Å². The number of hydrogen-bond acceptors (Lipinski definition) is 3. The SMILES string of the molecule is CN(C(=O)CSc1ccc(N)cc1Br)C1CC1. The van der Waals surface area contributed by atoms with Gasteiger partial charge < -0.3 is 10.6 Å². The summed E-state index contributed by atoms with van der Waals surface area (Å²) in [5.41, 5.74) is 6.39. The lowest BCUT2D eigenvalue weighted by atomic mass is 10.3. The first-order valence-electron chi connectivity index (χ1n) is 5.51. The largest absolute Gasteiger partial charge is 0.399 e. The molecule has 2 N–H and O–H groups in total. The lowest BCUT2D eigenvalue weighted by Crippen LogP contribution is -2.30. The fourth-order valence-electron chi connectivity index (χ4n) is 1.54. The molecule has 1 aromatic carbocycles. The molecule has 0 aliphatic heterocycles. The number of rotatable bonds is 4. The van der Waals surface area contributed by atoms with Gasteiger partial charge in [-0.05, 0) is 47.0 Å². The van der Waals surface area contributed by atoms with Gasteiger partial charge >= 0.3 is 0 Å². The minimum absolute atomic E-state index is 0.196. The van der Waals surface area contributed by atoms with Crippen molar-refractivity contribution in [3.05, 3.63) is 22.7 Å². The lowest BCUT2D eigenvalue weighted by Gasteiger charge is -2.16. The molecule has 1 fully saturated rings. The van der Waals surface area contributed by atoms with Crippen LogP contribution in [-0.4, -0.2) is 29.6 Å². The van der Waals surface area contributed by atoms with E-state index < -0.39 is 0 Å². The normalized spacial score (nSPS) is 14.7. The summed E-state index contributed by atoms with van der Waals surface area (Å²) in [6.45, 7) is 0. The summed E-state index contributed by atoms with van der Waals surface area (Å²) < 4.78 is 0.948. The number of halogens is 1. The van der Waals surface area contributed by atoms with Crippen molar-refractivity contribution in [3.63, 3.8) is 0 Å². The Morgan fingerprint density at radius 1 is 1.59 bits per heavy atom. The van der Waals surface area contributed by atoms with Gasteiger partial charge in [0.2, 0.25) is 5.91 Å². The third kappa shape index (κ3) is 3.39. The molecule has 0 bridgehead atoms. The van der Waals surface area contributed by atoms with E-state index in [1.807, 2.05) is 30.1 Å². The van der Waals surface area contributed by atoms with Gasteiger partial charge in [-0.15, -0.1) is 11.8 Å². The van der Waals surface area contributed by atoms with Crippen molar-refractivity contribution < 1.29 is 4.79 Å². The summed E-state index contributed by atoms with van der Waals surface area (Å²) in [6.07, 6.45) is 2.30. The highest BCUT2D eigenvalue weighted by atomic mass is 79.9. The van der Waals surface area contributed by atoms with Crippen LogP contribution in [-0.2, 0) is 4.79 Å².